The molecule has 0 unspecified atom stereocenters. The normalized spacial score (nSPS) is 11.8. The van der Waals surface area contributed by atoms with Gasteiger partial charge in [0.1, 0.15) is 18.1 Å². The molecule has 0 aliphatic heterocycles. The molecule has 0 spiro atoms. The molecule has 29 heavy (non-hydrogen) atoms. The van der Waals surface area contributed by atoms with E-state index in [1.165, 1.54) is 12.4 Å². The molecule has 3 aromatic heterocycles. The van der Waals surface area contributed by atoms with Crippen LogP contribution in [-0.2, 0) is 6.54 Å². The number of hydrogen-bond donors (Lipinski definition) is 2. The van der Waals surface area contributed by atoms with Crippen molar-refractivity contribution in [2.24, 2.45) is 0 Å². The number of alkyl halides is 3. The van der Waals surface area contributed by atoms with Crippen LogP contribution in [0.5, 0.6) is 0 Å². The zero-order valence-electron chi connectivity index (χ0n) is 16.2. The van der Waals surface area contributed by atoms with E-state index in [0.717, 1.165) is 5.56 Å². The van der Waals surface area contributed by atoms with Gasteiger partial charge >= 0.3 is 6.18 Å². The van der Waals surface area contributed by atoms with E-state index in [1.54, 1.807) is 29.9 Å². The van der Waals surface area contributed by atoms with Gasteiger partial charge in [-0.15, -0.1) is 0 Å². The standard InChI is InChI=1S/C19H21F3N6O/c1-11(2)26-18(29)16-14-9-28(27-15(14)4-5-23-16)8-13-6-12(3)17(24-7-13)25-10-19(20,21)22/h4-7,9,11H,8,10H2,1-3H3,(H,24,25)(H,26,29). The minimum absolute atomic E-state index is 0.0203. The van der Waals surface area contributed by atoms with E-state index in [9.17, 15) is 18.0 Å². The molecule has 0 saturated carbocycles. The topological polar surface area (TPSA) is 84.7 Å². The van der Waals surface area contributed by atoms with Crippen LogP contribution in [-0.4, -0.2) is 44.4 Å². The Kier molecular flexibility index (Phi) is 5.71. The van der Waals surface area contributed by atoms with Crippen molar-refractivity contribution in [2.45, 2.75) is 39.5 Å². The number of halogens is 3. The van der Waals surface area contributed by atoms with Crippen molar-refractivity contribution >= 4 is 22.6 Å². The number of hydrogen-bond acceptors (Lipinski definition) is 5. The number of carbonyl (C=O) groups is 1. The van der Waals surface area contributed by atoms with Gasteiger partial charge in [-0.2, -0.15) is 18.3 Å². The smallest absolute Gasteiger partial charge is 0.361 e. The first-order valence-electron chi connectivity index (χ1n) is 9.01. The van der Waals surface area contributed by atoms with Crippen molar-refractivity contribution in [2.75, 3.05) is 11.9 Å². The molecule has 0 radical (unpaired) electrons. The molecular formula is C19H21F3N6O. The molecule has 3 aromatic rings. The maximum atomic E-state index is 12.4. The second kappa shape index (κ2) is 8.06. The Hall–Kier alpha value is -3.17. The molecule has 3 heterocycles. The molecule has 7 nitrogen and oxygen atoms in total. The van der Waals surface area contributed by atoms with Gasteiger partial charge in [0.2, 0.25) is 0 Å². The van der Waals surface area contributed by atoms with Gasteiger partial charge in [0.05, 0.1) is 17.4 Å². The van der Waals surface area contributed by atoms with Crippen molar-refractivity contribution in [3.05, 3.63) is 47.5 Å². The average Bonchev–Trinajstić information content (AvgIpc) is 3.01. The molecule has 10 heteroatoms. The van der Waals surface area contributed by atoms with Gasteiger partial charge in [0, 0.05) is 24.6 Å². The molecular weight excluding hydrogens is 385 g/mol. The van der Waals surface area contributed by atoms with Gasteiger partial charge in [0.15, 0.2) is 0 Å². The molecule has 0 aliphatic carbocycles. The number of rotatable bonds is 6. The van der Waals surface area contributed by atoms with Crippen LogP contribution in [0.3, 0.4) is 0 Å². The number of amides is 1. The fourth-order valence-corrected chi connectivity index (χ4v) is 2.86. The minimum atomic E-state index is -4.31. The predicted molar refractivity (Wildman–Crippen MR) is 103 cm³/mol. The van der Waals surface area contributed by atoms with Crippen molar-refractivity contribution in [3.8, 4) is 0 Å². The highest BCUT2D eigenvalue weighted by Crippen LogP contribution is 2.20. The fourth-order valence-electron chi connectivity index (χ4n) is 2.86. The molecule has 0 fully saturated rings. The highest BCUT2D eigenvalue weighted by Gasteiger charge is 2.27. The quantitative estimate of drug-likeness (QED) is 0.656. The van der Waals surface area contributed by atoms with E-state index >= 15 is 0 Å². The summed E-state index contributed by atoms with van der Waals surface area (Å²) in [5.74, 6) is -0.0868. The van der Waals surface area contributed by atoms with E-state index in [4.69, 9.17) is 0 Å². The van der Waals surface area contributed by atoms with Crippen LogP contribution in [0.2, 0.25) is 0 Å². The molecule has 3 rings (SSSR count). The number of anilines is 1. The van der Waals surface area contributed by atoms with Crippen molar-refractivity contribution in [3.63, 3.8) is 0 Å². The number of pyridine rings is 2. The van der Waals surface area contributed by atoms with Crippen LogP contribution in [0.15, 0.2) is 30.7 Å². The Bertz CT molecular complexity index is 1030. The lowest BCUT2D eigenvalue weighted by molar-refractivity contribution is -0.115. The summed E-state index contributed by atoms with van der Waals surface area (Å²) < 4.78 is 38.7. The van der Waals surface area contributed by atoms with Crippen LogP contribution in [0.25, 0.3) is 10.9 Å². The van der Waals surface area contributed by atoms with E-state index in [2.05, 4.69) is 25.7 Å². The zero-order valence-corrected chi connectivity index (χ0v) is 16.2. The van der Waals surface area contributed by atoms with E-state index < -0.39 is 12.7 Å². The number of nitrogens with zero attached hydrogens (tertiary/aromatic N) is 4. The third-order valence-corrected chi connectivity index (χ3v) is 4.05. The third kappa shape index (κ3) is 5.21. The molecule has 0 bridgehead atoms. The fraction of sp³-hybridized carbons (Fsp3) is 0.368. The van der Waals surface area contributed by atoms with Gasteiger partial charge in [-0.3, -0.25) is 14.5 Å². The average molecular weight is 406 g/mol. The maximum absolute atomic E-state index is 12.4. The second-order valence-electron chi connectivity index (χ2n) is 7.03. The molecule has 154 valence electrons. The van der Waals surface area contributed by atoms with Gasteiger partial charge in [-0.1, -0.05) is 0 Å². The number of nitrogens with one attached hydrogen (secondary N) is 2. The highest BCUT2D eigenvalue weighted by molar-refractivity contribution is 6.04. The summed E-state index contributed by atoms with van der Waals surface area (Å²) in [6.07, 6.45) is 0.447. The molecule has 0 aliphatic rings. The molecule has 2 N–H and O–H groups in total. The van der Waals surface area contributed by atoms with Crippen LogP contribution in [0.4, 0.5) is 19.0 Å². The van der Waals surface area contributed by atoms with E-state index in [-0.39, 0.29) is 17.8 Å². The van der Waals surface area contributed by atoms with Crippen LogP contribution in [0, 0.1) is 6.92 Å². The lowest BCUT2D eigenvalue weighted by Gasteiger charge is -2.12. The summed E-state index contributed by atoms with van der Waals surface area (Å²) in [5.41, 5.74) is 2.29. The van der Waals surface area contributed by atoms with Crippen LogP contribution in [0.1, 0.15) is 35.5 Å². The van der Waals surface area contributed by atoms with E-state index in [1.807, 2.05) is 13.8 Å². The summed E-state index contributed by atoms with van der Waals surface area (Å²) in [7, 11) is 0. The molecule has 0 saturated heterocycles. The monoisotopic (exact) mass is 406 g/mol. The third-order valence-electron chi connectivity index (χ3n) is 4.05. The molecule has 0 aromatic carbocycles. The number of fused-ring (bicyclic) bond motifs is 1. The zero-order chi connectivity index (χ0) is 21.2. The van der Waals surface area contributed by atoms with Gasteiger partial charge in [0.25, 0.3) is 5.91 Å². The summed E-state index contributed by atoms with van der Waals surface area (Å²) in [4.78, 5) is 20.6. The Labute approximate surface area is 165 Å². The highest BCUT2D eigenvalue weighted by atomic mass is 19.4. The van der Waals surface area contributed by atoms with Gasteiger partial charge in [-0.05, 0) is 44.0 Å². The van der Waals surface area contributed by atoms with Crippen LogP contribution >= 0.6 is 0 Å². The Morgan fingerprint density at radius 1 is 1.28 bits per heavy atom. The SMILES string of the molecule is Cc1cc(Cn2cc3c(C(=O)NC(C)C)nccc3n2)cnc1NCC(F)(F)F. The lowest BCUT2D eigenvalue weighted by atomic mass is 10.2. The Balaban J connectivity index is 1.80. The number of carbonyl (C=O) groups excluding carboxylic acids is 1. The van der Waals surface area contributed by atoms with Crippen molar-refractivity contribution < 1.29 is 18.0 Å². The Morgan fingerprint density at radius 2 is 2.03 bits per heavy atom. The van der Waals surface area contributed by atoms with Crippen LogP contribution < -0.4 is 10.6 Å². The van der Waals surface area contributed by atoms with Gasteiger partial charge < -0.3 is 10.6 Å². The summed E-state index contributed by atoms with van der Waals surface area (Å²) in [6, 6.07) is 3.45. The Morgan fingerprint density at radius 3 is 2.69 bits per heavy atom. The first-order chi connectivity index (χ1) is 13.6. The molecule has 0 atom stereocenters. The number of aryl methyl sites for hydroxylation is 1. The van der Waals surface area contributed by atoms with Gasteiger partial charge in [-0.25, -0.2) is 4.98 Å². The first-order valence-corrected chi connectivity index (χ1v) is 9.01. The molecule has 1 amide bonds. The van der Waals surface area contributed by atoms with Crippen molar-refractivity contribution in [1.82, 2.24) is 25.1 Å². The van der Waals surface area contributed by atoms with Crippen molar-refractivity contribution in [1.29, 1.82) is 0 Å². The largest absolute Gasteiger partial charge is 0.405 e. The maximum Gasteiger partial charge on any atom is 0.405 e. The first kappa shape index (κ1) is 20.6. The van der Waals surface area contributed by atoms with E-state index in [0.29, 0.717) is 28.7 Å². The predicted octanol–water partition coefficient (Wildman–Crippen LogP) is 3.30. The summed E-state index contributed by atoms with van der Waals surface area (Å²) in [5, 5.41) is 10.2. The summed E-state index contributed by atoms with van der Waals surface area (Å²) >= 11 is 0. The minimum Gasteiger partial charge on any atom is -0.361 e. The summed E-state index contributed by atoms with van der Waals surface area (Å²) in [6.45, 7) is 4.63. The second-order valence-corrected chi connectivity index (χ2v) is 7.03. The lowest BCUT2D eigenvalue weighted by Crippen LogP contribution is -2.30. The number of aromatic nitrogens is 4.